The molecule has 11 nitrogen and oxygen atoms in total. The number of halogens is 1. The Labute approximate surface area is 254 Å². The average molecular weight is 649 g/mol. The number of aryl methyl sites for hydroxylation is 2. The molecular weight excluding hydrogens is 618 g/mol. The Hall–Kier alpha value is -4.89. The van der Waals surface area contributed by atoms with Gasteiger partial charge in [-0.15, -0.1) is 0 Å². The smallest absolute Gasteiger partial charge is 0.304 e. The summed E-state index contributed by atoms with van der Waals surface area (Å²) in [7, 11) is 0. The van der Waals surface area contributed by atoms with Crippen molar-refractivity contribution >= 4 is 27.5 Å². The summed E-state index contributed by atoms with van der Waals surface area (Å²) in [5.41, 5.74) is 0.721. The van der Waals surface area contributed by atoms with Gasteiger partial charge in [-0.1, -0.05) is 43.6 Å². The molecule has 4 N–H and O–H groups in total. The number of H-pyrrole nitrogens is 4. The maximum Gasteiger partial charge on any atom is 0.326 e. The third-order valence-electron chi connectivity index (χ3n) is 6.34. The maximum absolute atomic E-state index is 12.7. The Morgan fingerprint density at radius 1 is 0.674 bits per heavy atom. The zero-order chi connectivity index (χ0) is 32.2. The molecule has 4 rings (SSSR count). The number of carbonyl (C=O) groups excluding carboxylic acids is 2. The molecule has 0 atom stereocenters. The fraction of sp³-hybridized carbons (Fsp3) is 0.258. The molecule has 0 unspecified atom stereocenters. The fourth-order valence-corrected chi connectivity index (χ4v) is 5.19. The topological polar surface area (TPSA) is 189 Å². The van der Waals surface area contributed by atoms with Crippen LogP contribution in [0.15, 0.2) is 60.0 Å². The van der Waals surface area contributed by atoms with E-state index in [1.807, 2.05) is 19.1 Å². The van der Waals surface area contributed by atoms with Crippen molar-refractivity contribution < 1.29 is 9.59 Å². The van der Waals surface area contributed by atoms with Crippen LogP contribution in [0.5, 0.6) is 0 Å². The number of ketones is 2. The number of aromatic nitrogens is 4. The van der Waals surface area contributed by atoms with Gasteiger partial charge in [-0.25, -0.2) is 9.59 Å². The highest BCUT2D eigenvalue weighted by molar-refractivity contribution is 9.10. The van der Waals surface area contributed by atoms with Crippen LogP contribution in [0, 0.1) is 25.2 Å². The second kappa shape index (κ2) is 13.4. The summed E-state index contributed by atoms with van der Waals surface area (Å²) in [6.45, 7) is 10.7. The van der Waals surface area contributed by atoms with Crippen LogP contribution in [0.1, 0.15) is 99.5 Å². The number of nitrogens with one attached hydrogen (secondary N) is 4. The second-order valence-electron chi connectivity index (χ2n) is 10.6. The molecule has 43 heavy (non-hydrogen) atoms. The zero-order valence-electron chi connectivity index (χ0n) is 24.4. The van der Waals surface area contributed by atoms with Crippen molar-refractivity contribution in [1.29, 1.82) is 5.26 Å². The summed E-state index contributed by atoms with van der Waals surface area (Å²) < 4.78 is 0.768. The molecule has 0 amide bonds. The van der Waals surface area contributed by atoms with Crippen molar-refractivity contribution in [3.63, 3.8) is 0 Å². The second-order valence-corrected chi connectivity index (χ2v) is 11.5. The van der Waals surface area contributed by atoms with Crippen molar-refractivity contribution in [1.82, 2.24) is 19.9 Å². The molecular formula is C31H30BrN5O6. The van der Waals surface area contributed by atoms with Gasteiger partial charge in [-0.3, -0.25) is 29.1 Å². The summed E-state index contributed by atoms with van der Waals surface area (Å²) >= 11 is 3.34. The van der Waals surface area contributed by atoms with Gasteiger partial charge in [0.05, 0.1) is 23.0 Å². The summed E-state index contributed by atoms with van der Waals surface area (Å²) in [5, 5.41) is 9.00. The van der Waals surface area contributed by atoms with E-state index in [0.29, 0.717) is 11.1 Å². The van der Waals surface area contributed by atoms with Crippen molar-refractivity contribution in [3.8, 4) is 6.07 Å². The van der Waals surface area contributed by atoms with Crippen molar-refractivity contribution in [3.05, 3.63) is 133 Å². The standard InChI is InChI=1S/C16H15N3O3.C15H15BrN2O3/c1-8(2)12-13(18-16(22)19-15(12)21)14(20)11-5-9(3)4-10(6-11)7-17;1-7(2)11-12(17-15(21)18-14(11)20)13(19)9-4-8(3)5-10(16)6-9/h4-6,8H,1-3H3,(H2,18,19,21,22);4-7H,1-3H3,(H2,17,18,20,21). The zero-order valence-corrected chi connectivity index (χ0v) is 26.0. The normalized spacial score (nSPS) is 10.7. The minimum absolute atomic E-state index is 0.0294. The molecule has 0 radical (unpaired) electrons. The monoisotopic (exact) mass is 647 g/mol. The Kier molecular flexibility index (Phi) is 10.2. The van der Waals surface area contributed by atoms with Crippen molar-refractivity contribution in [2.24, 2.45) is 0 Å². The van der Waals surface area contributed by atoms with E-state index < -0.39 is 28.3 Å². The van der Waals surface area contributed by atoms with Crippen LogP contribution < -0.4 is 22.5 Å². The van der Waals surface area contributed by atoms with E-state index in [9.17, 15) is 28.8 Å². The maximum atomic E-state index is 12.7. The number of hydrogen-bond donors (Lipinski definition) is 4. The summed E-state index contributed by atoms with van der Waals surface area (Å²) in [4.78, 5) is 81.3. The molecule has 0 aliphatic rings. The lowest BCUT2D eigenvalue weighted by Gasteiger charge is -2.10. The predicted molar refractivity (Wildman–Crippen MR) is 165 cm³/mol. The first-order valence-corrected chi connectivity index (χ1v) is 14.0. The molecule has 0 fully saturated rings. The molecule has 0 spiro atoms. The van der Waals surface area contributed by atoms with E-state index in [1.54, 1.807) is 58.9 Å². The third kappa shape index (κ3) is 7.69. The highest BCUT2D eigenvalue weighted by Crippen LogP contribution is 2.21. The molecule has 0 saturated carbocycles. The summed E-state index contributed by atoms with van der Waals surface area (Å²) in [6, 6.07) is 12.0. The van der Waals surface area contributed by atoms with Crippen molar-refractivity contribution in [2.75, 3.05) is 0 Å². The summed E-state index contributed by atoms with van der Waals surface area (Å²) in [6.07, 6.45) is 0. The first-order valence-electron chi connectivity index (χ1n) is 13.2. The Bertz CT molecular complexity index is 1990. The van der Waals surface area contributed by atoms with Crippen LogP contribution in [-0.2, 0) is 0 Å². The van der Waals surface area contributed by atoms with Gasteiger partial charge in [0, 0.05) is 26.7 Å². The fourth-order valence-electron chi connectivity index (χ4n) is 4.59. The molecule has 222 valence electrons. The van der Waals surface area contributed by atoms with Gasteiger partial charge >= 0.3 is 11.4 Å². The Balaban J connectivity index is 0.000000236. The quantitative estimate of drug-likeness (QED) is 0.227. The first kappa shape index (κ1) is 32.6. The van der Waals surface area contributed by atoms with Gasteiger partial charge in [0.15, 0.2) is 0 Å². The number of aromatic amines is 4. The average Bonchev–Trinajstić information content (AvgIpc) is 2.90. The molecule has 4 aromatic rings. The number of carbonyl (C=O) groups is 2. The number of hydrogen-bond acceptors (Lipinski definition) is 7. The number of nitrogens with zero attached hydrogens (tertiary/aromatic N) is 1. The molecule has 2 aromatic heterocycles. The van der Waals surface area contributed by atoms with Gasteiger partial charge in [-0.2, -0.15) is 5.26 Å². The van der Waals surface area contributed by atoms with Gasteiger partial charge in [-0.05, 0) is 73.2 Å². The highest BCUT2D eigenvalue weighted by atomic mass is 79.9. The molecule has 0 bridgehead atoms. The Morgan fingerprint density at radius 3 is 1.49 bits per heavy atom. The minimum Gasteiger partial charge on any atom is -0.304 e. The minimum atomic E-state index is -0.731. The Morgan fingerprint density at radius 2 is 1.09 bits per heavy atom. The van der Waals surface area contributed by atoms with Gasteiger partial charge in [0.2, 0.25) is 11.6 Å². The summed E-state index contributed by atoms with van der Waals surface area (Å²) in [5.74, 6) is -1.27. The third-order valence-corrected chi connectivity index (χ3v) is 6.80. The van der Waals surface area contributed by atoms with E-state index >= 15 is 0 Å². The number of rotatable bonds is 6. The molecule has 0 aliphatic carbocycles. The van der Waals surface area contributed by atoms with E-state index in [1.165, 1.54) is 6.07 Å². The van der Waals surface area contributed by atoms with Crippen LogP contribution in [0.25, 0.3) is 0 Å². The lowest BCUT2D eigenvalue weighted by molar-refractivity contribution is 0.102. The van der Waals surface area contributed by atoms with E-state index in [4.69, 9.17) is 5.26 Å². The molecule has 2 aromatic carbocycles. The largest absolute Gasteiger partial charge is 0.326 e. The number of benzene rings is 2. The number of nitriles is 1. The predicted octanol–water partition coefficient (Wildman–Crippen LogP) is 4.09. The lowest BCUT2D eigenvalue weighted by atomic mass is 9.96. The van der Waals surface area contributed by atoms with Crippen LogP contribution in [-0.4, -0.2) is 31.5 Å². The van der Waals surface area contributed by atoms with Crippen LogP contribution in [0.4, 0.5) is 0 Å². The molecule has 0 aliphatic heterocycles. The van der Waals surface area contributed by atoms with Gasteiger partial charge < -0.3 is 9.97 Å². The van der Waals surface area contributed by atoms with Crippen molar-refractivity contribution in [2.45, 2.75) is 53.4 Å². The lowest BCUT2D eigenvalue weighted by Crippen LogP contribution is -2.30. The SMILES string of the molecule is Cc1cc(Br)cc(C(=O)c2[nH]c(=O)[nH]c(=O)c2C(C)C)c1.Cc1cc(C#N)cc(C(=O)c2[nH]c(=O)[nH]c(=O)c2C(C)C)c1. The van der Waals surface area contributed by atoms with Crippen LogP contribution in [0.2, 0.25) is 0 Å². The van der Waals surface area contributed by atoms with Crippen LogP contribution in [0.3, 0.4) is 0 Å². The highest BCUT2D eigenvalue weighted by Gasteiger charge is 2.22. The van der Waals surface area contributed by atoms with E-state index in [0.717, 1.165) is 15.6 Å². The van der Waals surface area contributed by atoms with E-state index in [-0.39, 0.29) is 45.7 Å². The molecule has 2 heterocycles. The first-order chi connectivity index (χ1) is 20.1. The molecule has 12 heteroatoms. The van der Waals surface area contributed by atoms with Gasteiger partial charge in [0.1, 0.15) is 0 Å². The van der Waals surface area contributed by atoms with E-state index in [2.05, 4.69) is 35.9 Å². The van der Waals surface area contributed by atoms with Crippen LogP contribution >= 0.6 is 15.9 Å². The van der Waals surface area contributed by atoms with Gasteiger partial charge in [0.25, 0.3) is 11.1 Å². The molecule has 0 saturated heterocycles.